The summed E-state index contributed by atoms with van der Waals surface area (Å²) in [6.07, 6.45) is 1.73. The topological polar surface area (TPSA) is 82.2 Å². The maximum Gasteiger partial charge on any atom is 0.255 e. The van der Waals surface area contributed by atoms with Crippen LogP contribution in [0.25, 0.3) is 0 Å². The number of hydrogen-bond donors (Lipinski definition) is 1. The van der Waals surface area contributed by atoms with Gasteiger partial charge in [-0.3, -0.25) is 14.4 Å². The van der Waals surface area contributed by atoms with Gasteiger partial charge in [0.05, 0.1) is 12.2 Å². The highest BCUT2D eigenvalue weighted by atomic mass is 79.9. The van der Waals surface area contributed by atoms with Gasteiger partial charge in [0.25, 0.3) is 11.8 Å². The van der Waals surface area contributed by atoms with Crippen LogP contribution in [0.15, 0.2) is 59.1 Å². The number of methoxy groups -OCH3 is 1. The number of anilines is 1. The van der Waals surface area contributed by atoms with Gasteiger partial charge in [0.2, 0.25) is 5.91 Å². The number of likely N-dealkylation sites (tertiary alicyclic amines) is 1. The van der Waals surface area contributed by atoms with Gasteiger partial charge in [-0.2, -0.15) is 0 Å². The average molecular weight is 543 g/mol. The summed E-state index contributed by atoms with van der Waals surface area (Å²) in [6.45, 7) is 2.36. The summed E-state index contributed by atoms with van der Waals surface area (Å²) in [5.74, 6) is -0.279. The molecular weight excluding hydrogens is 512 g/mol. The molecule has 1 N–H and O–H groups in total. The molecule has 0 unspecified atom stereocenters. The highest BCUT2D eigenvalue weighted by Gasteiger charge is 2.54. The molecule has 2 aliphatic rings. The van der Waals surface area contributed by atoms with Crippen LogP contribution in [0, 0.1) is 0 Å². The summed E-state index contributed by atoms with van der Waals surface area (Å²) in [5.41, 5.74) is 0.782. The Hall–Kier alpha value is -2.91. The Bertz CT molecular complexity index is 1060. The molecule has 0 radical (unpaired) electrons. The Balaban J connectivity index is 1.49. The molecule has 2 saturated heterocycles. The third-order valence-corrected chi connectivity index (χ3v) is 7.44. The molecule has 0 atom stereocenters. The van der Waals surface area contributed by atoms with Crippen molar-refractivity contribution in [2.75, 3.05) is 51.5 Å². The van der Waals surface area contributed by atoms with Crippen molar-refractivity contribution in [2.45, 2.75) is 24.8 Å². The lowest BCUT2D eigenvalue weighted by molar-refractivity contribution is -0.137. The van der Waals surface area contributed by atoms with Crippen LogP contribution >= 0.6 is 15.9 Å². The number of para-hydroxylation sites is 1. The van der Waals surface area contributed by atoms with Gasteiger partial charge in [0, 0.05) is 43.5 Å². The molecule has 2 heterocycles. The molecule has 2 fully saturated rings. The number of ether oxygens (including phenoxy) is 1. The minimum Gasteiger partial charge on any atom is -0.385 e. The molecule has 0 bridgehead atoms. The second kappa shape index (κ2) is 11.2. The lowest BCUT2D eigenvalue weighted by Gasteiger charge is -2.43. The first-order valence-corrected chi connectivity index (χ1v) is 12.7. The fraction of sp³-hybridized carbons (Fsp3) is 0.423. The van der Waals surface area contributed by atoms with E-state index in [9.17, 15) is 14.4 Å². The van der Waals surface area contributed by atoms with E-state index in [1.54, 1.807) is 18.1 Å². The van der Waals surface area contributed by atoms with Crippen LogP contribution in [0.1, 0.15) is 29.6 Å². The Morgan fingerprint density at radius 2 is 1.74 bits per heavy atom. The van der Waals surface area contributed by atoms with E-state index in [-0.39, 0.29) is 24.3 Å². The molecule has 0 saturated carbocycles. The Morgan fingerprint density at radius 1 is 1.06 bits per heavy atom. The fourth-order valence-corrected chi connectivity index (χ4v) is 5.34. The second-order valence-electron chi connectivity index (χ2n) is 8.91. The van der Waals surface area contributed by atoms with Crippen LogP contribution in [0.2, 0.25) is 0 Å². The largest absolute Gasteiger partial charge is 0.385 e. The molecule has 9 heteroatoms. The quantitative estimate of drug-likeness (QED) is 0.518. The number of carbonyl (C=O) groups excluding carboxylic acids is 3. The van der Waals surface area contributed by atoms with Crippen molar-refractivity contribution in [1.29, 1.82) is 0 Å². The first-order valence-electron chi connectivity index (χ1n) is 11.9. The van der Waals surface area contributed by atoms with Gasteiger partial charge in [-0.15, -0.1) is 0 Å². The van der Waals surface area contributed by atoms with Crippen molar-refractivity contribution < 1.29 is 19.1 Å². The highest BCUT2D eigenvalue weighted by molar-refractivity contribution is 9.10. The number of carbonyl (C=O) groups is 3. The second-order valence-corrected chi connectivity index (χ2v) is 9.76. The zero-order chi connectivity index (χ0) is 24.8. The summed E-state index contributed by atoms with van der Waals surface area (Å²) in [5, 5.41) is 2.87. The third-order valence-electron chi connectivity index (χ3n) is 6.75. The van der Waals surface area contributed by atoms with Crippen LogP contribution < -0.4 is 10.2 Å². The lowest BCUT2D eigenvalue weighted by atomic mass is 9.85. The number of amides is 3. The van der Waals surface area contributed by atoms with Crippen molar-refractivity contribution in [3.05, 3.63) is 64.6 Å². The molecular formula is C26H31BrN4O4. The Kier molecular flexibility index (Phi) is 8.07. The summed E-state index contributed by atoms with van der Waals surface area (Å²) in [6, 6.07) is 17.2. The first-order chi connectivity index (χ1) is 17.0. The van der Waals surface area contributed by atoms with Gasteiger partial charge in [-0.1, -0.05) is 30.3 Å². The van der Waals surface area contributed by atoms with Crippen molar-refractivity contribution in [1.82, 2.24) is 15.1 Å². The minimum atomic E-state index is -0.775. The smallest absolute Gasteiger partial charge is 0.255 e. The van der Waals surface area contributed by atoms with Gasteiger partial charge in [-0.25, -0.2) is 0 Å². The highest BCUT2D eigenvalue weighted by Crippen LogP contribution is 2.39. The van der Waals surface area contributed by atoms with Crippen LogP contribution in [0.4, 0.5) is 5.69 Å². The van der Waals surface area contributed by atoms with Crippen molar-refractivity contribution in [3.8, 4) is 0 Å². The van der Waals surface area contributed by atoms with E-state index in [2.05, 4.69) is 26.1 Å². The van der Waals surface area contributed by atoms with Crippen LogP contribution in [0.3, 0.4) is 0 Å². The summed E-state index contributed by atoms with van der Waals surface area (Å²) < 4.78 is 5.78. The van der Waals surface area contributed by atoms with Gasteiger partial charge >= 0.3 is 0 Å². The SMILES string of the molecule is COCCCNC(=O)CN1CN(c2ccccc2)C2(CCN(C(=O)c3ccccc3Br)CC2)C1=O. The Morgan fingerprint density at radius 3 is 2.43 bits per heavy atom. The van der Waals surface area contributed by atoms with Crippen LogP contribution in [-0.4, -0.2) is 79.6 Å². The number of nitrogens with zero attached hydrogens (tertiary/aromatic N) is 3. The molecule has 186 valence electrons. The van der Waals surface area contributed by atoms with E-state index >= 15 is 0 Å². The predicted molar refractivity (Wildman–Crippen MR) is 137 cm³/mol. The average Bonchev–Trinajstić information content (AvgIpc) is 3.13. The number of halogens is 1. The predicted octanol–water partition coefficient (Wildman–Crippen LogP) is 2.88. The van der Waals surface area contributed by atoms with Gasteiger partial charge in [0.1, 0.15) is 12.1 Å². The normalized spacial score (nSPS) is 17.2. The molecule has 4 rings (SSSR count). The minimum absolute atomic E-state index is 0.0104. The van der Waals surface area contributed by atoms with Crippen molar-refractivity contribution in [3.63, 3.8) is 0 Å². The van der Waals surface area contributed by atoms with E-state index in [0.717, 1.165) is 16.6 Å². The van der Waals surface area contributed by atoms with E-state index in [1.807, 2.05) is 53.4 Å². The third kappa shape index (κ3) is 5.36. The monoisotopic (exact) mass is 542 g/mol. The van der Waals surface area contributed by atoms with E-state index < -0.39 is 5.54 Å². The molecule has 1 spiro atoms. The van der Waals surface area contributed by atoms with Gasteiger partial charge in [0.15, 0.2) is 0 Å². The fourth-order valence-electron chi connectivity index (χ4n) is 4.88. The molecule has 3 amide bonds. The maximum absolute atomic E-state index is 13.8. The zero-order valence-electron chi connectivity index (χ0n) is 19.9. The molecule has 2 aromatic rings. The molecule has 0 aliphatic carbocycles. The summed E-state index contributed by atoms with van der Waals surface area (Å²) in [7, 11) is 1.62. The van der Waals surface area contributed by atoms with Crippen molar-refractivity contribution in [2.24, 2.45) is 0 Å². The van der Waals surface area contributed by atoms with E-state index in [1.165, 1.54) is 0 Å². The van der Waals surface area contributed by atoms with E-state index in [0.29, 0.717) is 51.3 Å². The number of rotatable bonds is 8. The Labute approximate surface area is 214 Å². The first kappa shape index (κ1) is 25.2. The van der Waals surface area contributed by atoms with Crippen molar-refractivity contribution >= 4 is 39.3 Å². The molecule has 2 aliphatic heterocycles. The maximum atomic E-state index is 13.8. The summed E-state index contributed by atoms with van der Waals surface area (Å²) in [4.78, 5) is 45.0. The standard InChI is InChI=1S/C26H31BrN4O4/c1-35-17-7-14-28-23(32)18-30-19-31(20-8-3-2-4-9-20)26(25(30)34)12-15-29(16-13-26)24(33)21-10-5-6-11-22(21)27/h2-6,8-11H,7,12-19H2,1H3,(H,28,32). The molecule has 0 aromatic heterocycles. The lowest BCUT2D eigenvalue weighted by Crippen LogP contribution is -2.57. The van der Waals surface area contributed by atoms with Crippen LogP contribution in [0.5, 0.6) is 0 Å². The zero-order valence-corrected chi connectivity index (χ0v) is 21.5. The number of nitrogens with one attached hydrogen (secondary N) is 1. The number of hydrogen-bond acceptors (Lipinski definition) is 5. The number of piperidine rings is 1. The van der Waals surface area contributed by atoms with E-state index in [4.69, 9.17) is 4.74 Å². The molecule has 2 aromatic carbocycles. The summed E-state index contributed by atoms with van der Waals surface area (Å²) >= 11 is 3.47. The molecule has 8 nitrogen and oxygen atoms in total. The molecule has 35 heavy (non-hydrogen) atoms. The number of benzene rings is 2. The van der Waals surface area contributed by atoms with Gasteiger partial charge in [-0.05, 0) is 59.5 Å². The van der Waals surface area contributed by atoms with Crippen LogP contribution in [-0.2, 0) is 14.3 Å². The van der Waals surface area contributed by atoms with Gasteiger partial charge < -0.3 is 24.8 Å².